The fourth-order valence-corrected chi connectivity index (χ4v) is 3.72. The van der Waals surface area contributed by atoms with Gasteiger partial charge in [-0.1, -0.05) is 29.8 Å². The van der Waals surface area contributed by atoms with Gasteiger partial charge >= 0.3 is 0 Å². The zero-order chi connectivity index (χ0) is 18.8. The maximum absolute atomic E-state index is 13.3. The van der Waals surface area contributed by atoms with Crippen molar-refractivity contribution in [1.29, 1.82) is 0 Å². The quantitative estimate of drug-likeness (QED) is 0.615. The van der Waals surface area contributed by atoms with E-state index in [1.54, 1.807) is 6.20 Å². The normalized spacial score (nSPS) is 13.9. The van der Waals surface area contributed by atoms with Crippen molar-refractivity contribution in [2.75, 3.05) is 24.6 Å². The van der Waals surface area contributed by atoms with Crippen LogP contribution in [0, 0.1) is 6.92 Å². The van der Waals surface area contributed by atoms with E-state index in [0.29, 0.717) is 17.7 Å². The highest BCUT2D eigenvalue weighted by molar-refractivity contribution is 6.16. The van der Waals surface area contributed by atoms with Gasteiger partial charge < -0.3 is 9.64 Å². The van der Waals surface area contributed by atoms with E-state index in [9.17, 15) is 4.79 Å². The van der Waals surface area contributed by atoms with Crippen molar-refractivity contribution in [3.63, 3.8) is 0 Å². The molecule has 0 bridgehead atoms. The fraction of sp³-hybridized carbons (Fsp3) is 0.304. The molecule has 0 unspecified atom stereocenters. The van der Waals surface area contributed by atoms with Gasteiger partial charge in [-0.2, -0.15) is 0 Å². The molecular formula is C23H24N2O2. The molecule has 0 atom stereocenters. The maximum Gasteiger partial charge on any atom is 0.196 e. The van der Waals surface area contributed by atoms with Crippen molar-refractivity contribution in [2.45, 2.75) is 26.7 Å². The number of rotatable bonds is 5. The Morgan fingerprint density at radius 2 is 1.85 bits per heavy atom. The van der Waals surface area contributed by atoms with Gasteiger partial charge in [0.2, 0.25) is 0 Å². The lowest BCUT2D eigenvalue weighted by atomic mass is 9.99. The summed E-state index contributed by atoms with van der Waals surface area (Å²) in [6.45, 7) is 6.54. The smallest absolute Gasteiger partial charge is 0.196 e. The van der Waals surface area contributed by atoms with E-state index in [-0.39, 0.29) is 5.78 Å². The molecule has 0 spiro atoms. The van der Waals surface area contributed by atoms with Gasteiger partial charge in [0.15, 0.2) is 5.78 Å². The number of benzene rings is 2. The summed E-state index contributed by atoms with van der Waals surface area (Å²) < 4.78 is 5.70. The first kappa shape index (κ1) is 17.5. The van der Waals surface area contributed by atoms with E-state index >= 15 is 0 Å². The Balaban J connectivity index is 1.89. The van der Waals surface area contributed by atoms with Crippen molar-refractivity contribution in [1.82, 2.24) is 4.98 Å². The number of carbonyl (C=O) groups excluding carboxylic acids is 1. The highest BCUT2D eigenvalue weighted by Crippen LogP contribution is 2.35. The van der Waals surface area contributed by atoms with Crippen LogP contribution in [0.15, 0.2) is 48.7 Å². The minimum atomic E-state index is 0.0214. The molecular weight excluding hydrogens is 336 g/mol. The number of nitrogens with zero attached hydrogens (tertiary/aromatic N) is 2. The number of carbonyl (C=O) groups is 1. The molecule has 27 heavy (non-hydrogen) atoms. The Kier molecular flexibility index (Phi) is 4.80. The van der Waals surface area contributed by atoms with Crippen molar-refractivity contribution < 1.29 is 9.53 Å². The second-order valence-electron chi connectivity index (χ2n) is 7.02. The SMILES string of the molecule is CCOc1ccc2ncc(C(=O)c3ccc(C)cc3)c(N3CCCC3)c2c1. The van der Waals surface area contributed by atoms with Gasteiger partial charge in [0.05, 0.1) is 23.4 Å². The molecule has 4 rings (SSSR count). The van der Waals surface area contributed by atoms with Gasteiger partial charge in [0.25, 0.3) is 0 Å². The lowest BCUT2D eigenvalue weighted by Gasteiger charge is -2.23. The second-order valence-corrected chi connectivity index (χ2v) is 7.02. The summed E-state index contributed by atoms with van der Waals surface area (Å²) in [6.07, 6.45) is 4.03. The largest absolute Gasteiger partial charge is 0.494 e. The van der Waals surface area contributed by atoms with Crippen molar-refractivity contribution in [3.8, 4) is 5.75 Å². The summed E-state index contributed by atoms with van der Waals surface area (Å²) in [6, 6.07) is 13.7. The summed E-state index contributed by atoms with van der Waals surface area (Å²) in [7, 11) is 0. The van der Waals surface area contributed by atoms with E-state index in [4.69, 9.17) is 4.74 Å². The molecule has 2 heterocycles. The molecule has 2 aromatic carbocycles. The van der Waals surface area contributed by atoms with E-state index in [2.05, 4.69) is 9.88 Å². The van der Waals surface area contributed by atoms with Gasteiger partial charge in [0, 0.05) is 30.2 Å². The maximum atomic E-state index is 13.3. The predicted octanol–water partition coefficient (Wildman–Crippen LogP) is 4.77. The number of aryl methyl sites for hydroxylation is 1. The van der Waals surface area contributed by atoms with Crippen LogP contribution in [0.5, 0.6) is 5.75 Å². The number of ether oxygens (including phenoxy) is 1. The Morgan fingerprint density at radius 1 is 1.11 bits per heavy atom. The van der Waals surface area contributed by atoms with Crippen LogP contribution >= 0.6 is 0 Å². The molecule has 1 aromatic heterocycles. The predicted molar refractivity (Wildman–Crippen MR) is 109 cm³/mol. The first-order valence-electron chi connectivity index (χ1n) is 9.59. The van der Waals surface area contributed by atoms with Crippen LogP contribution in [-0.4, -0.2) is 30.5 Å². The van der Waals surface area contributed by atoms with E-state index in [0.717, 1.165) is 53.8 Å². The average molecular weight is 360 g/mol. The molecule has 0 radical (unpaired) electrons. The first-order valence-corrected chi connectivity index (χ1v) is 9.59. The average Bonchev–Trinajstić information content (AvgIpc) is 3.21. The molecule has 4 nitrogen and oxygen atoms in total. The Labute approximate surface area is 159 Å². The first-order chi connectivity index (χ1) is 13.2. The van der Waals surface area contributed by atoms with Crippen LogP contribution < -0.4 is 9.64 Å². The fourth-order valence-electron chi connectivity index (χ4n) is 3.72. The molecule has 1 saturated heterocycles. The molecule has 0 amide bonds. The number of aromatic nitrogens is 1. The van der Waals surface area contributed by atoms with Gasteiger partial charge in [0.1, 0.15) is 5.75 Å². The highest BCUT2D eigenvalue weighted by atomic mass is 16.5. The molecule has 138 valence electrons. The number of hydrogen-bond acceptors (Lipinski definition) is 4. The Bertz CT molecular complexity index is 974. The molecule has 0 N–H and O–H groups in total. The highest BCUT2D eigenvalue weighted by Gasteiger charge is 2.24. The number of hydrogen-bond donors (Lipinski definition) is 0. The van der Waals surface area contributed by atoms with Crippen molar-refractivity contribution in [3.05, 3.63) is 65.4 Å². The minimum absolute atomic E-state index is 0.0214. The molecule has 0 saturated carbocycles. The second kappa shape index (κ2) is 7.39. The number of ketones is 1. The zero-order valence-electron chi connectivity index (χ0n) is 15.9. The lowest BCUT2D eigenvalue weighted by molar-refractivity contribution is 0.103. The summed E-state index contributed by atoms with van der Waals surface area (Å²) in [5, 5.41) is 0.987. The van der Waals surface area contributed by atoms with Crippen LogP contribution in [0.3, 0.4) is 0 Å². The third kappa shape index (κ3) is 3.39. The molecule has 3 aromatic rings. The third-order valence-electron chi connectivity index (χ3n) is 5.10. The summed E-state index contributed by atoms with van der Waals surface area (Å²) in [5.41, 5.74) is 4.39. The lowest BCUT2D eigenvalue weighted by Crippen LogP contribution is -2.21. The number of pyridine rings is 1. The topological polar surface area (TPSA) is 42.4 Å². The standard InChI is InChI=1S/C23H24N2O2/c1-3-27-18-10-11-21-19(14-18)22(25-12-4-5-13-25)20(15-24-21)23(26)17-8-6-16(2)7-9-17/h6-11,14-15H,3-5,12-13H2,1-2H3. The van der Waals surface area contributed by atoms with E-state index in [1.807, 2.05) is 56.3 Å². The van der Waals surface area contributed by atoms with Gasteiger partial charge in [-0.25, -0.2) is 0 Å². The Hall–Kier alpha value is -2.88. The molecule has 1 aliphatic heterocycles. The summed E-state index contributed by atoms with van der Waals surface area (Å²) in [4.78, 5) is 20.2. The third-order valence-corrected chi connectivity index (χ3v) is 5.10. The van der Waals surface area contributed by atoms with Crippen LogP contribution in [0.2, 0.25) is 0 Å². The minimum Gasteiger partial charge on any atom is -0.494 e. The van der Waals surface area contributed by atoms with Crippen LogP contribution in [0.1, 0.15) is 41.3 Å². The van der Waals surface area contributed by atoms with Crippen LogP contribution in [-0.2, 0) is 0 Å². The van der Waals surface area contributed by atoms with E-state index in [1.165, 1.54) is 0 Å². The number of fused-ring (bicyclic) bond motifs is 1. The van der Waals surface area contributed by atoms with E-state index < -0.39 is 0 Å². The molecule has 4 heteroatoms. The Morgan fingerprint density at radius 3 is 2.56 bits per heavy atom. The number of anilines is 1. The summed E-state index contributed by atoms with van der Waals surface area (Å²) >= 11 is 0. The zero-order valence-corrected chi connectivity index (χ0v) is 15.9. The van der Waals surface area contributed by atoms with Gasteiger partial charge in [-0.15, -0.1) is 0 Å². The van der Waals surface area contributed by atoms with Crippen molar-refractivity contribution in [2.24, 2.45) is 0 Å². The van der Waals surface area contributed by atoms with Crippen LogP contribution in [0.4, 0.5) is 5.69 Å². The molecule has 0 aliphatic carbocycles. The molecule has 1 fully saturated rings. The van der Waals surface area contributed by atoms with Gasteiger partial charge in [-0.3, -0.25) is 9.78 Å². The monoisotopic (exact) mass is 360 g/mol. The van der Waals surface area contributed by atoms with Gasteiger partial charge in [-0.05, 0) is 44.9 Å². The van der Waals surface area contributed by atoms with Crippen molar-refractivity contribution >= 4 is 22.4 Å². The summed E-state index contributed by atoms with van der Waals surface area (Å²) in [5.74, 6) is 0.834. The molecule has 1 aliphatic rings. The van der Waals surface area contributed by atoms with Crippen LogP contribution in [0.25, 0.3) is 10.9 Å².